The molecule has 3 heterocycles. The second kappa shape index (κ2) is 12.7. The maximum atomic E-state index is 12.0. The van der Waals surface area contributed by atoms with Crippen LogP contribution < -0.4 is 11.5 Å². The van der Waals surface area contributed by atoms with Gasteiger partial charge in [-0.25, -0.2) is 15.0 Å². The Labute approximate surface area is 225 Å². The van der Waals surface area contributed by atoms with Crippen molar-refractivity contribution in [2.75, 3.05) is 32.0 Å². The van der Waals surface area contributed by atoms with E-state index in [-0.39, 0.29) is 19.0 Å². The summed E-state index contributed by atoms with van der Waals surface area (Å²) in [5.41, 5.74) is 14.1. The molecule has 2 aromatic heterocycles. The number of hydrogen-bond donors (Lipinski definition) is 4. The van der Waals surface area contributed by atoms with Gasteiger partial charge in [-0.3, -0.25) is 14.3 Å². The Morgan fingerprint density at radius 2 is 2.05 bits per heavy atom. The highest BCUT2D eigenvalue weighted by atomic mass is 16.6. The van der Waals surface area contributed by atoms with Gasteiger partial charge in [0.1, 0.15) is 36.2 Å². The maximum Gasteiger partial charge on any atom is 0.322 e. The molecule has 4 rings (SSSR count). The van der Waals surface area contributed by atoms with Gasteiger partial charge in [-0.05, 0) is 31.0 Å². The molecular weight excluding hydrogens is 504 g/mol. The Morgan fingerprint density at radius 1 is 1.28 bits per heavy atom. The van der Waals surface area contributed by atoms with Crippen molar-refractivity contribution in [2.24, 2.45) is 5.73 Å². The monoisotopic (exact) mass is 536 g/mol. The summed E-state index contributed by atoms with van der Waals surface area (Å²) in [6.45, 7) is 3.05. The first kappa shape index (κ1) is 28.1. The van der Waals surface area contributed by atoms with E-state index in [1.54, 1.807) is 19.1 Å². The third kappa shape index (κ3) is 6.56. The minimum atomic E-state index is -1.25. The zero-order valence-corrected chi connectivity index (χ0v) is 21.5. The number of anilines is 1. The van der Waals surface area contributed by atoms with Gasteiger partial charge in [0.25, 0.3) is 0 Å². The number of ether oxygens (including phenoxy) is 2. The van der Waals surface area contributed by atoms with E-state index in [4.69, 9.17) is 26.2 Å². The number of fused-ring (bicyclic) bond motifs is 1. The van der Waals surface area contributed by atoms with Crippen LogP contribution in [0.1, 0.15) is 30.7 Å². The molecule has 0 bridgehead atoms. The van der Waals surface area contributed by atoms with Crippen molar-refractivity contribution in [1.29, 1.82) is 5.26 Å². The Kier molecular flexibility index (Phi) is 9.18. The van der Waals surface area contributed by atoms with Crippen LogP contribution in [0.5, 0.6) is 0 Å². The molecule has 13 heteroatoms. The van der Waals surface area contributed by atoms with Crippen LogP contribution in [0.2, 0.25) is 0 Å². The molecule has 0 spiro atoms. The highest BCUT2D eigenvalue weighted by Gasteiger charge is 2.44. The van der Waals surface area contributed by atoms with Crippen molar-refractivity contribution in [3.63, 3.8) is 0 Å². The minimum absolute atomic E-state index is 0.196. The molecule has 6 N–H and O–H groups in total. The van der Waals surface area contributed by atoms with Gasteiger partial charge in [0.2, 0.25) is 0 Å². The molecule has 1 fully saturated rings. The lowest BCUT2D eigenvalue weighted by atomic mass is 10.1. The van der Waals surface area contributed by atoms with Crippen molar-refractivity contribution >= 4 is 29.0 Å². The van der Waals surface area contributed by atoms with Gasteiger partial charge in [0, 0.05) is 19.6 Å². The summed E-state index contributed by atoms with van der Waals surface area (Å²) in [5, 5.41) is 30.7. The van der Waals surface area contributed by atoms with E-state index in [0.29, 0.717) is 36.2 Å². The van der Waals surface area contributed by atoms with Crippen molar-refractivity contribution in [1.82, 2.24) is 24.4 Å². The molecule has 1 unspecified atom stereocenters. The average molecular weight is 537 g/mol. The summed E-state index contributed by atoms with van der Waals surface area (Å²) in [6, 6.07) is 8.44. The molecule has 1 aliphatic heterocycles. The molecule has 5 atom stereocenters. The highest BCUT2D eigenvalue weighted by Crippen LogP contribution is 2.32. The number of aromatic nitrogens is 4. The molecule has 13 nitrogen and oxygen atoms in total. The predicted molar refractivity (Wildman–Crippen MR) is 142 cm³/mol. The van der Waals surface area contributed by atoms with Crippen molar-refractivity contribution in [3.8, 4) is 6.07 Å². The number of nitrogen functional groups attached to an aromatic ring is 1. The summed E-state index contributed by atoms with van der Waals surface area (Å²) in [5.74, 6) is -0.284. The second-order valence-corrected chi connectivity index (χ2v) is 9.17. The van der Waals surface area contributed by atoms with Gasteiger partial charge >= 0.3 is 5.97 Å². The molecule has 3 aromatic rings. The number of nitrogens with two attached hydrogens (primary N) is 2. The Morgan fingerprint density at radius 3 is 2.77 bits per heavy atom. The Bertz CT molecular complexity index is 1340. The van der Waals surface area contributed by atoms with Gasteiger partial charge in [-0.15, -0.1) is 0 Å². The van der Waals surface area contributed by atoms with Crippen molar-refractivity contribution < 1.29 is 24.5 Å². The first-order valence-corrected chi connectivity index (χ1v) is 12.6. The zero-order chi connectivity index (χ0) is 27.9. The summed E-state index contributed by atoms with van der Waals surface area (Å²) in [7, 11) is 0. The molecule has 1 saturated heterocycles. The van der Waals surface area contributed by atoms with Gasteiger partial charge in [-0.1, -0.05) is 24.3 Å². The maximum absolute atomic E-state index is 12.0. The van der Waals surface area contributed by atoms with Gasteiger partial charge in [-0.2, -0.15) is 5.26 Å². The number of nitriles is 1. The van der Waals surface area contributed by atoms with Crippen LogP contribution in [0.3, 0.4) is 0 Å². The summed E-state index contributed by atoms with van der Waals surface area (Å²) in [6.07, 6.45) is 2.73. The van der Waals surface area contributed by atoms with E-state index in [9.17, 15) is 15.0 Å². The Hall–Kier alpha value is -3.93. The molecule has 1 aromatic carbocycles. The summed E-state index contributed by atoms with van der Waals surface area (Å²) < 4.78 is 12.6. The molecule has 0 aliphatic carbocycles. The lowest BCUT2D eigenvalue weighted by molar-refractivity contribution is -0.144. The fourth-order valence-corrected chi connectivity index (χ4v) is 4.37. The number of carbonyl (C=O) groups is 1. The van der Waals surface area contributed by atoms with Crippen LogP contribution in [0.25, 0.3) is 17.2 Å². The van der Waals surface area contributed by atoms with E-state index >= 15 is 0 Å². The smallest absolute Gasteiger partial charge is 0.322 e. The van der Waals surface area contributed by atoms with Crippen LogP contribution in [0.4, 0.5) is 5.82 Å². The number of imidazole rings is 1. The molecule has 0 radical (unpaired) electrons. The standard InChI is InChI=1S/C26H32N8O5/c1-2-38-26(37)18(28)9-11-33(10-3-4-16-5-7-17(12-27)8-6-16)13-19-21(35)22(36)25(39-19)34-15-32-20-23(29)30-14-31-24(20)34/h3-8,14-15,18-19,21-22,25,35-36H,2,9-11,13,28H2,1H3,(H2,29,30,31)/b4-3+/t18?,19-,21-,22-,25-/m1/s1. The number of benzene rings is 1. The fraction of sp³-hybridized carbons (Fsp3) is 0.423. The van der Waals surface area contributed by atoms with E-state index < -0.39 is 36.6 Å². The second-order valence-electron chi connectivity index (χ2n) is 9.17. The van der Waals surface area contributed by atoms with Gasteiger partial charge < -0.3 is 31.2 Å². The number of carbonyl (C=O) groups excluding carboxylic acids is 1. The van der Waals surface area contributed by atoms with Crippen molar-refractivity contribution in [2.45, 2.75) is 43.9 Å². The fourth-order valence-electron chi connectivity index (χ4n) is 4.37. The SMILES string of the molecule is CCOC(=O)C(N)CCN(C/C=C/c1ccc(C#N)cc1)C[C@H]1O[C@@H](n2cnc3c(N)ncnc32)[C@H](O)[C@@H]1O. The molecule has 1 aliphatic rings. The van der Waals surface area contributed by atoms with Crippen LogP contribution in [0, 0.1) is 11.3 Å². The third-order valence-corrected chi connectivity index (χ3v) is 6.50. The normalized spacial score (nSPS) is 21.9. The number of aliphatic hydroxyl groups is 2. The average Bonchev–Trinajstić information content (AvgIpc) is 3.49. The van der Waals surface area contributed by atoms with E-state index in [2.05, 4.69) is 21.0 Å². The van der Waals surface area contributed by atoms with E-state index in [0.717, 1.165) is 5.56 Å². The summed E-state index contributed by atoms with van der Waals surface area (Å²) in [4.78, 5) is 26.3. The number of nitrogens with zero attached hydrogens (tertiary/aromatic N) is 6. The number of esters is 1. The largest absolute Gasteiger partial charge is 0.465 e. The number of rotatable bonds is 11. The molecular formula is C26H32N8O5. The highest BCUT2D eigenvalue weighted by molar-refractivity contribution is 5.81. The number of aliphatic hydroxyl groups excluding tert-OH is 2. The molecule has 206 valence electrons. The van der Waals surface area contributed by atoms with Crippen molar-refractivity contribution in [3.05, 3.63) is 54.1 Å². The molecule has 0 amide bonds. The minimum Gasteiger partial charge on any atom is -0.465 e. The predicted octanol–water partition coefficient (Wildman–Crippen LogP) is 0.195. The lowest BCUT2D eigenvalue weighted by Crippen LogP contribution is -2.42. The van der Waals surface area contributed by atoms with E-state index in [1.807, 2.05) is 29.2 Å². The van der Waals surface area contributed by atoms with Crippen LogP contribution >= 0.6 is 0 Å². The first-order valence-electron chi connectivity index (χ1n) is 12.6. The Balaban J connectivity index is 1.47. The number of hydrogen-bond acceptors (Lipinski definition) is 12. The van der Waals surface area contributed by atoms with Gasteiger partial charge in [0.15, 0.2) is 17.7 Å². The van der Waals surface area contributed by atoms with Gasteiger partial charge in [0.05, 0.1) is 24.6 Å². The summed E-state index contributed by atoms with van der Waals surface area (Å²) >= 11 is 0. The topological polar surface area (TPSA) is 199 Å². The quantitative estimate of drug-likeness (QED) is 0.243. The first-order chi connectivity index (χ1) is 18.8. The lowest BCUT2D eigenvalue weighted by Gasteiger charge is -2.26. The van der Waals surface area contributed by atoms with Crippen LogP contribution in [-0.4, -0.2) is 91.2 Å². The molecule has 0 saturated carbocycles. The van der Waals surface area contributed by atoms with Crippen LogP contribution in [-0.2, 0) is 14.3 Å². The van der Waals surface area contributed by atoms with E-state index in [1.165, 1.54) is 17.2 Å². The van der Waals surface area contributed by atoms with Crippen LogP contribution in [0.15, 0.2) is 43.0 Å². The third-order valence-electron chi connectivity index (χ3n) is 6.50. The zero-order valence-electron chi connectivity index (χ0n) is 21.5. The molecule has 39 heavy (non-hydrogen) atoms.